The molecule has 0 unspecified atom stereocenters. The number of carbonyl (C=O) groups is 2. The zero-order valence-corrected chi connectivity index (χ0v) is 15.9. The highest BCUT2D eigenvalue weighted by molar-refractivity contribution is 5.95. The fourth-order valence-electron chi connectivity index (χ4n) is 3.68. The fourth-order valence-corrected chi connectivity index (χ4v) is 3.68. The van der Waals surface area contributed by atoms with Crippen LogP contribution in [0, 0.1) is 0 Å². The normalized spacial score (nSPS) is 17.1. The Kier molecular flexibility index (Phi) is 5.58. The van der Waals surface area contributed by atoms with Crippen LogP contribution in [-0.4, -0.2) is 44.7 Å². The Bertz CT molecular complexity index is 827. The summed E-state index contributed by atoms with van der Waals surface area (Å²) in [7, 11) is 0. The van der Waals surface area contributed by atoms with E-state index in [1.165, 1.54) is 0 Å². The topological polar surface area (TPSA) is 61.9 Å². The Morgan fingerprint density at radius 1 is 0.929 bits per heavy atom. The number of nitrogens with one attached hydrogen (secondary N) is 1. The minimum atomic E-state index is -0.0517. The van der Waals surface area contributed by atoms with Gasteiger partial charge in [-0.15, -0.1) is 0 Å². The van der Waals surface area contributed by atoms with Crippen molar-refractivity contribution < 1.29 is 14.3 Å². The molecule has 4 rings (SSSR count). The third-order valence-electron chi connectivity index (χ3n) is 5.21. The molecule has 2 fully saturated rings. The first-order chi connectivity index (χ1) is 13.7. The van der Waals surface area contributed by atoms with Gasteiger partial charge in [0.15, 0.2) is 0 Å². The Morgan fingerprint density at radius 2 is 1.61 bits per heavy atom. The summed E-state index contributed by atoms with van der Waals surface area (Å²) in [5, 5.41) is 2.95. The van der Waals surface area contributed by atoms with Crippen LogP contribution >= 0.6 is 0 Å². The number of rotatable bonds is 5. The smallest absolute Gasteiger partial charge is 0.228 e. The molecule has 0 radical (unpaired) electrons. The summed E-state index contributed by atoms with van der Waals surface area (Å²) < 4.78 is 5.38. The molecular weight excluding hydrogens is 354 g/mol. The van der Waals surface area contributed by atoms with Crippen molar-refractivity contribution >= 4 is 28.9 Å². The largest absolute Gasteiger partial charge is 0.378 e. The van der Waals surface area contributed by atoms with Crippen molar-refractivity contribution in [3.8, 4) is 0 Å². The average molecular weight is 379 g/mol. The lowest BCUT2D eigenvalue weighted by Crippen LogP contribution is -2.36. The van der Waals surface area contributed by atoms with Crippen molar-refractivity contribution in [1.29, 1.82) is 0 Å². The van der Waals surface area contributed by atoms with Crippen molar-refractivity contribution in [1.82, 2.24) is 0 Å². The van der Waals surface area contributed by atoms with Crippen LogP contribution in [0.25, 0.3) is 0 Å². The number of amides is 2. The summed E-state index contributed by atoms with van der Waals surface area (Å²) >= 11 is 0. The maximum absolute atomic E-state index is 12.4. The van der Waals surface area contributed by atoms with E-state index in [-0.39, 0.29) is 11.8 Å². The summed E-state index contributed by atoms with van der Waals surface area (Å²) in [6.45, 7) is 4.07. The van der Waals surface area contributed by atoms with Crippen LogP contribution in [0.15, 0.2) is 48.5 Å². The zero-order valence-electron chi connectivity index (χ0n) is 15.9. The van der Waals surface area contributed by atoms with Crippen LogP contribution in [0.3, 0.4) is 0 Å². The molecule has 0 aromatic heterocycles. The molecule has 2 aromatic carbocycles. The zero-order chi connectivity index (χ0) is 19.3. The molecule has 146 valence electrons. The van der Waals surface area contributed by atoms with Crippen molar-refractivity contribution in [2.45, 2.75) is 19.3 Å². The van der Waals surface area contributed by atoms with Crippen molar-refractivity contribution in [3.05, 3.63) is 54.1 Å². The lowest BCUT2D eigenvalue weighted by atomic mass is 10.1. The molecule has 2 amide bonds. The predicted octanol–water partition coefficient (Wildman–Crippen LogP) is 2.83. The fraction of sp³-hybridized carbons (Fsp3) is 0.364. The number of morpholine rings is 1. The van der Waals surface area contributed by atoms with Gasteiger partial charge in [-0.05, 0) is 48.4 Å². The Balaban J connectivity index is 1.32. The van der Waals surface area contributed by atoms with Gasteiger partial charge in [0.2, 0.25) is 11.8 Å². The highest BCUT2D eigenvalue weighted by Crippen LogP contribution is 2.22. The number of carbonyl (C=O) groups excluding carboxylic acids is 2. The van der Waals surface area contributed by atoms with Crippen LogP contribution < -0.4 is 15.1 Å². The summed E-state index contributed by atoms with van der Waals surface area (Å²) in [5.74, 6) is 0.121. The number of hydrogen-bond donors (Lipinski definition) is 1. The van der Waals surface area contributed by atoms with Gasteiger partial charge in [0, 0.05) is 43.1 Å². The first-order valence-corrected chi connectivity index (χ1v) is 9.81. The molecule has 2 heterocycles. The Morgan fingerprint density at radius 3 is 2.25 bits per heavy atom. The van der Waals surface area contributed by atoms with Crippen molar-refractivity contribution in [3.63, 3.8) is 0 Å². The van der Waals surface area contributed by atoms with Crippen LogP contribution in [0.2, 0.25) is 0 Å². The molecule has 0 atom stereocenters. The van der Waals surface area contributed by atoms with Gasteiger partial charge in [0.1, 0.15) is 0 Å². The predicted molar refractivity (Wildman–Crippen MR) is 110 cm³/mol. The van der Waals surface area contributed by atoms with E-state index in [1.54, 1.807) is 4.90 Å². The van der Waals surface area contributed by atoms with Gasteiger partial charge in [-0.25, -0.2) is 0 Å². The molecule has 2 aliphatic heterocycles. The Labute approximate surface area is 165 Å². The van der Waals surface area contributed by atoms with Crippen LogP contribution in [-0.2, 0) is 20.7 Å². The molecule has 0 spiro atoms. The SMILES string of the molecule is O=C(Cc1ccc(N2CCCC2=O)cc1)Nc1ccc(N2CCOCC2)cc1. The molecule has 2 aromatic rings. The van der Waals surface area contributed by atoms with Crippen LogP contribution in [0.5, 0.6) is 0 Å². The minimum Gasteiger partial charge on any atom is -0.378 e. The highest BCUT2D eigenvalue weighted by atomic mass is 16.5. The first-order valence-electron chi connectivity index (χ1n) is 9.81. The van der Waals surface area contributed by atoms with Gasteiger partial charge < -0.3 is 19.9 Å². The Hall–Kier alpha value is -2.86. The van der Waals surface area contributed by atoms with E-state index in [9.17, 15) is 9.59 Å². The number of anilines is 3. The van der Waals surface area contributed by atoms with Gasteiger partial charge in [-0.1, -0.05) is 12.1 Å². The molecule has 2 aliphatic rings. The molecule has 0 saturated carbocycles. The molecule has 28 heavy (non-hydrogen) atoms. The third kappa shape index (κ3) is 4.34. The average Bonchev–Trinajstić information content (AvgIpc) is 3.16. The molecule has 1 N–H and O–H groups in total. The minimum absolute atomic E-state index is 0.0517. The summed E-state index contributed by atoms with van der Waals surface area (Å²) in [5.41, 5.74) is 3.78. The maximum atomic E-state index is 12.4. The second kappa shape index (κ2) is 8.44. The first kappa shape index (κ1) is 18.5. The molecule has 0 aliphatic carbocycles. The van der Waals surface area contributed by atoms with Gasteiger partial charge in [-0.2, -0.15) is 0 Å². The van der Waals surface area contributed by atoms with E-state index in [0.29, 0.717) is 12.8 Å². The number of ether oxygens (including phenoxy) is 1. The molecule has 2 saturated heterocycles. The number of hydrogen-bond acceptors (Lipinski definition) is 4. The molecule has 6 nitrogen and oxygen atoms in total. The van der Waals surface area contributed by atoms with Crippen LogP contribution in [0.4, 0.5) is 17.1 Å². The summed E-state index contributed by atoms with van der Waals surface area (Å²) in [6.07, 6.45) is 1.83. The van der Waals surface area contributed by atoms with E-state index < -0.39 is 0 Å². The highest BCUT2D eigenvalue weighted by Gasteiger charge is 2.21. The number of benzene rings is 2. The summed E-state index contributed by atoms with van der Waals surface area (Å²) in [6, 6.07) is 15.6. The van der Waals surface area contributed by atoms with Gasteiger partial charge in [0.05, 0.1) is 19.6 Å². The van der Waals surface area contributed by atoms with Crippen molar-refractivity contribution in [2.75, 3.05) is 48.0 Å². The van der Waals surface area contributed by atoms with Crippen LogP contribution in [0.1, 0.15) is 18.4 Å². The number of nitrogens with zero attached hydrogens (tertiary/aromatic N) is 2. The second-order valence-electron chi connectivity index (χ2n) is 7.19. The lowest BCUT2D eigenvalue weighted by Gasteiger charge is -2.28. The standard InChI is InChI=1S/C22H25N3O3/c26-21(16-17-3-7-20(8-4-17)25-11-1-2-22(25)27)23-18-5-9-19(10-6-18)24-12-14-28-15-13-24/h3-10H,1-2,11-16H2,(H,23,26). The van der Waals surface area contributed by atoms with E-state index >= 15 is 0 Å². The monoisotopic (exact) mass is 379 g/mol. The second-order valence-corrected chi connectivity index (χ2v) is 7.19. The van der Waals surface area contributed by atoms with Gasteiger partial charge in [-0.3, -0.25) is 9.59 Å². The molecule has 6 heteroatoms. The van der Waals surface area contributed by atoms with Gasteiger partial charge >= 0.3 is 0 Å². The third-order valence-corrected chi connectivity index (χ3v) is 5.21. The summed E-state index contributed by atoms with van der Waals surface area (Å²) in [4.78, 5) is 28.3. The van der Waals surface area contributed by atoms with E-state index in [1.807, 2.05) is 48.5 Å². The molecule has 0 bridgehead atoms. The maximum Gasteiger partial charge on any atom is 0.228 e. The van der Waals surface area contributed by atoms with E-state index in [0.717, 1.165) is 61.9 Å². The van der Waals surface area contributed by atoms with E-state index in [2.05, 4.69) is 10.2 Å². The quantitative estimate of drug-likeness (QED) is 0.868. The van der Waals surface area contributed by atoms with E-state index in [4.69, 9.17) is 4.74 Å². The van der Waals surface area contributed by atoms with Crippen molar-refractivity contribution in [2.24, 2.45) is 0 Å². The van der Waals surface area contributed by atoms with Gasteiger partial charge in [0.25, 0.3) is 0 Å². The lowest BCUT2D eigenvalue weighted by molar-refractivity contribution is -0.117. The molecular formula is C22H25N3O3.